The fourth-order valence-electron chi connectivity index (χ4n) is 2.35. The summed E-state index contributed by atoms with van der Waals surface area (Å²) in [6, 6.07) is 14.3. The molecular formula is C22H29F3. The van der Waals surface area contributed by atoms with Gasteiger partial charge in [-0.05, 0) is 40.5 Å². The Morgan fingerprint density at radius 1 is 0.600 bits per heavy atom. The lowest BCUT2D eigenvalue weighted by molar-refractivity contribution is -0.137. The maximum atomic E-state index is 12.2. The third-order valence-electron chi connectivity index (χ3n) is 4.12. The van der Waals surface area contributed by atoms with Crippen molar-refractivity contribution >= 4 is 0 Å². The van der Waals surface area contributed by atoms with Crippen LogP contribution in [0.15, 0.2) is 48.5 Å². The minimum absolute atomic E-state index is 0.127. The zero-order valence-electron chi connectivity index (χ0n) is 16.0. The molecule has 3 heteroatoms. The standard InChI is InChI=1S/C12H18.C10H11F3/c1-9(2)11-6-5-7-12(8-11)10(3)4;1-7(2)8-4-3-5-9(6-8)10(11,12)13/h5-10H,1-4H3;3-7H,1-2H3. The molecule has 2 aromatic rings. The molecule has 2 aromatic carbocycles. The zero-order valence-corrected chi connectivity index (χ0v) is 16.0. The highest BCUT2D eigenvalue weighted by atomic mass is 19.4. The molecule has 0 fully saturated rings. The summed E-state index contributed by atoms with van der Waals surface area (Å²) < 4.78 is 36.7. The Bertz CT molecular complexity index is 629. The van der Waals surface area contributed by atoms with Crippen LogP contribution in [0.5, 0.6) is 0 Å². The van der Waals surface area contributed by atoms with Gasteiger partial charge in [0.05, 0.1) is 5.56 Å². The van der Waals surface area contributed by atoms with Crippen molar-refractivity contribution in [3.8, 4) is 0 Å². The first kappa shape index (κ1) is 21.3. The first-order valence-electron chi connectivity index (χ1n) is 8.79. The van der Waals surface area contributed by atoms with Gasteiger partial charge in [-0.15, -0.1) is 0 Å². The first-order valence-corrected chi connectivity index (χ1v) is 8.79. The quantitative estimate of drug-likeness (QED) is 0.530. The third kappa shape index (κ3) is 6.93. The number of hydrogen-bond acceptors (Lipinski definition) is 0. The number of hydrogen-bond donors (Lipinski definition) is 0. The molecule has 0 saturated heterocycles. The van der Waals surface area contributed by atoms with E-state index in [-0.39, 0.29) is 5.92 Å². The smallest absolute Gasteiger partial charge is 0.166 e. The van der Waals surface area contributed by atoms with E-state index in [0.29, 0.717) is 11.8 Å². The Labute approximate surface area is 150 Å². The lowest BCUT2D eigenvalue weighted by Gasteiger charge is -2.10. The van der Waals surface area contributed by atoms with Crippen molar-refractivity contribution in [1.82, 2.24) is 0 Å². The van der Waals surface area contributed by atoms with Gasteiger partial charge >= 0.3 is 6.18 Å². The molecule has 0 aliphatic rings. The van der Waals surface area contributed by atoms with E-state index in [9.17, 15) is 13.2 Å². The molecule has 0 aromatic heterocycles. The predicted octanol–water partition coefficient (Wildman–Crippen LogP) is 7.76. The fraction of sp³-hybridized carbons (Fsp3) is 0.455. The Hall–Kier alpha value is -1.77. The number of alkyl halides is 3. The van der Waals surface area contributed by atoms with Crippen LogP contribution < -0.4 is 0 Å². The SMILES string of the molecule is CC(C)c1cccc(C(C)C)c1.CC(C)c1cccc(C(F)(F)F)c1. The molecule has 0 aliphatic heterocycles. The molecule has 0 amide bonds. The van der Waals surface area contributed by atoms with Gasteiger partial charge in [-0.25, -0.2) is 0 Å². The second-order valence-corrected chi connectivity index (χ2v) is 7.26. The molecule has 0 N–H and O–H groups in total. The second kappa shape index (κ2) is 9.07. The molecule has 0 heterocycles. The van der Waals surface area contributed by atoms with Crippen molar-refractivity contribution in [2.45, 2.75) is 65.5 Å². The highest BCUT2D eigenvalue weighted by Gasteiger charge is 2.30. The minimum atomic E-state index is -4.23. The van der Waals surface area contributed by atoms with Crippen LogP contribution in [-0.4, -0.2) is 0 Å². The number of benzene rings is 2. The van der Waals surface area contributed by atoms with E-state index in [4.69, 9.17) is 0 Å². The molecule has 25 heavy (non-hydrogen) atoms. The lowest BCUT2D eigenvalue weighted by atomic mass is 9.96. The normalized spacial score (nSPS) is 11.7. The topological polar surface area (TPSA) is 0 Å². The highest BCUT2D eigenvalue weighted by Crippen LogP contribution is 2.30. The lowest BCUT2D eigenvalue weighted by Crippen LogP contribution is -2.05. The van der Waals surface area contributed by atoms with Gasteiger partial charge < -0.3 is 0 Å². The van der Waals surface area contributed by atoms with Crippen molar-refractivity contribution in [1.29, 1.82) is 0 Å². The van der Waals surface area contributed by atoms with Crippen LogP contribution in [0.2, 0.25) is 0 Å². The van der Waals surface area contributed by atoms with E-state index in [1.807, 2.05) is 13.8 Å². The van der Waals surface area contributed by atoms with E-state index in [0.717, 1.165) is 11.6 Å². The Morgan fingerprint density at radius 2 is 0.960 bits per heavy atom. The van der Waals surface area contributed by atoms with Crippen molar-refractivity contribution in [3.63, 3.8) is 0 Å². The molecular weight excluding hydrogens is 321 g/mol. The molecule has 0 saturated carbocycles. The largest absolute Gasteiger partial charge is 0.416 e. The molecule has 2 rings (SSSR count). The van der Waals surface area contributed by atoms with Crippen LogP contribution >= 0.6 is 0 Å². The minimum Gasteiger partial charge on any atom is -0.166 e. The van der Waals surface area contributed by atoms with E-state index in [2.05, 4.69) is 52.0 Å². The van der Waals surface area contributed by atoms with Gasteiger partial charge in [0.25, 0.3) is 0 Å². The summed E-state index contributed by atoms with van der Waals surface area (Å²) in [5.41, 5.74) is 3.04. The summed E-state index contributed by atoms with van der Waals surface area (Å²) in [5, 5.41) is 0. The van der Waals surface area contributed by atoms with Gasteiger partial charge in [0.1, 0.15) is 0 Å². The predicted molar refractivity (Wildman–Crippen MR) is 100 cm³/mol. The van der Waals surface area contributed by atoms with Crippen molar-refractivity contribution in [3.05, 3.63) is 70.8 Å². The maximum absolute atomic E-state index is 12.2. The summed E-state index contributed by atoms with van der Waals surface area (Å²) in [6.07, 6.45) is -4.23. The first-order chi connectivity index (χ1) is 11.5. The Morgan fingerprint density at radius 3 is 1.32 bits per heavy atom. The van der Waals surface area contributed by atoms with Crippen molar-refractivity contribution in [2.24, 2.45) is 0 Å². The molecule has 0 unspecified atom stereocenters. The number of rotatable bonds is 3. The average Bonchev–Trinajstić information content (AvgIpc) is 2.55. The van der Waals surface area contributed by atoms with Gasteiger partial charge in [0.2, 0.25) is 0 Å². The second-order valence-electron chi connectivity index (χ2n) is 7.26. The summed E-state index contributed by atoms with van der Waals surface area (Å²) in [6.45, 7) is 12.7. The van der Waals surface area contributed by atoms with Crippen LogP contribution in [-0.2, 0) is 6.18 Å². The zero-order chi connectivity index (χ0) is 19.2. The molecule has 0 nitrogen and oxygen atoms in total. The van der Waals surface area contributed by atoms with Crippen molar-refractivity contribution < 1.29 is 13.2 Å². The summed E-state index contributed by atoms with van der Waals surface area (Å²) in [5.74, 6) is 1.41. The summed E-state index contributed by atoms with van der Waals surface area (Å²) in [4.78, 5) is 0. The van der Waals surface area contributed by atoms with E-state index in [1.165, 1.54) is 23.3 Å². The average molecular weight is 350 g/mol. The third-order valence-corrected chi connectivity index (χ3v) is 4.12. The molecule has 0 spiro atoms. The van der Waals surface area contributed by atoms with Gasteiger partial charge in [-0.1, -0.05) is 84.0 Å². The van der Waals surface area contributed by atoms with Gasteiger partial charge in [-0.3, -0.25) is 0 Å². The van der Waals surface area contributed by atoms with Crippen LogP contribution in [0.3, 0.4) is 0 Å². The van der Waals surface area contributed by atoms with Crippen LogP contribution in [0.1, 0.15) is 81.5 Å². The number of halogens is 3. The van der Waals surface area contributed by atoms with E-state index in [1.54, 1.807) is 6.07 Å². The fourth-order valence-corrected chi connectivity index (χ4v) is 2.35. The Balaban J connectivity index is 0.000000251. The van der Waals surface area contributed by atoms with Crippen LogP contribution in [0.4, 0.5) is 13.2 Å². The highest BCUT2D eigenvalue weighted by molar-refractivity contribution is 5.28. The molecule has 0 bridgehead atoms. The Kier molecular flexibility index (Phi) is 7.72. The van der Waals surface area contributed by atoms with Gasteiger partial charge in [-0.2, -0.15) is 13.2 Å². The maximum Gasteiger partial charge on any atom is 0.416 e. The van der Waals surface area contributed by atoms with Crippen LogP contribution in [0, 0.1) is 0 Å². The molecule has 0 aliphatic carbocycles. The molecule has 0 atom stereocenters. The van der Waals surface area contributed by atoms with Crippen molar-refractivity contribution in [2.75, 3.05) is 0 Å². The molecule has 138 valence electrons. The van der Waals surface area contributed by atoms with Crippen LogP contribution in [0.25, 0.3) is 0 Å². The summed E-state index contributed by atoms with van der Waals surface area (Å²) >= 11 is 0. The summed E-state index contributed by atoms with van der Waals surface area (Å²) in [7, 11) is 0. The van der Waals surface area contributed by atoms with Gasteiger partial charge in [0.15, 0.2) is 0 Å². The van der Waals surface area contributed by atoms with Gasteiger partial charge in [0, 0.05) is 0 Å². The van der Waals surface area contributed by atoms with E-state index < -0.39 is 11.7 Å². The monoisotopic (exact) mass is 350 g/mol. The van der Waals surface area contributed by atoms with E-state index >= 15 is 0 Å². The molecule has 0 radical (unpaired) electrons.